The Hall–Kier alpha value is -2.29. The number of amides is 2. The van der Waals surface area contributed by atoms with Crippen LogP contribution in [0.5, 0.6) is 0 Å². The number of anilines is 1. The monoisotopic (exact) mass is 411 g/mol. The summed E-state index contributed by atoms with van der Waals surface area (Å²) in [4.78, 5) is 28.2. The fourth-order valence-corrected chi connectivity index (χ4v) is 4.18. The molecule has 0 aliphatic carbocycles. The molecule has 0 bridgehead atoms. The molecule has 1 aromatic rings. The quantitative estimate of drug-likeness (QED) is 0.776. The van der Waals surface area contributed by atoms with Gasteiger partial charge in [0, 0.05) is 36.9 Å². The number of nitrogens with one attached hydrogen (secondary N) is 1. The number of piperazine rings is 1. The third-order valence-electron chi connectivity index (χ3n) is 4.36. The van der Waals surface area contributed by atoms with Gasteiger partial charge in [-0.15, -0.1) is 0 Å². The smallest absolute Gasteiger partial charge is 0.410 e. The number of rotatable bonds is 6. The topological polar surface area (TPSA) is 96.0 Å². The number of hydrogen-bond donors (Lipinski definition) is 1. The van der Waals surface area contributed by atoms with E-state index in [0.717, 1.165) is 0 Å². The molecule has 1 atom stereocenters. The van der Waals surface area contributed by atoms with E-state index in [4.69, 9.17) is 4.74 Å². The molecule has 1 aromatic carbocycles. The Bertz CT molecular complexity index is 792. The van der Waals surface area contributed by atoms with Gasteiger partial charge in [0.2, 0.25) is 10.0 Å². The van der Waals surface area contributed by atoms with E-state index in [-0.39, 0.29) is 29.9 Å². The van der Waals surface area contributed by atoms with Crippen molar-refractivity contribution in [3.8, 4) is 0 Å². The number of carbonyl (C=O) groups excluding carboxylic acids is 2. The molecule has 0 saturated carbocycles. The van der Waals surface area contributed by atoms with E-state index in [1.54, 1.807) is 54.8 Å². The Morgan fingerprint density at radius 3 is 2.39 bits per heavy atom. The zero-order chi connectivity index (χ0) is 20.9. The maximum Gasteiger partial charge on any atom is 0.410 e. The van der Waals surface area contributed by atoms with E-state index in [2.05, 4.69) is 4.72 Å². The van der Waals surface area contributed by atoms with Crippen molar-refractivity contribution in [3.05, 3.63) is 29.8 Å². The summed E-state index contributed by atoms with van der Waals surface area (Å²) in [6, 6.07) is 6.24. The van der Waals surface area contributed by atoms with E-state index >= 15 is 0 Å². The van der Waals surface area contributed by atoms with Crippen LogP contribution in [0.3, 0.4) is 0 Å². The van der Waals surface area contributed by atoms with E-state index in [1.165, 1.54) is 0 Å². The summed E-state index contributed by atoms with van der Waals surface area (Å²) < 4.78 is 31.4. The van der Waals surface area contributed by atoms with Crippen LogP contribution in [0.2, 0.25) is 0 Å². The van der Waals surface area contributed by atoms with Crippen LogP contribution in [0.1, 0.15) is 44.5 Å². The standard InChI is InChI=1S/C19H29N3O5S/c1-5-12-28(25,26)20-17-8-6-16(7-9-17)18(23)22-11-10-21(13-15(22)4)19(24)27-14(2)3/h6-9,14-15,20H,5,10-13H2,1-4H3/t15-/m0/s1. The molecular formula is C19H29N3O5S. The van der Waals surface area contributed by atoms with Crippen LogP contribution < -0.4 is 4.72 Å². The highest BCUT2D eigenvalue weighted by Crippen LogP contribution is 2.18. The first-order valence-corrected chi connectivity index (χ1v) is 11.1. The third-order valence-corrected chi connectivity index (χ3v) is 5.85. The third kappa shape index (κ3) is 5.85. The minimum atomic E-state index is -3.36. The summed E-state index contributed by atoms with van der Waals surface area (Å²) in [6.45, 7) is 8.52. The van der Waals surface area contributed by atoms with Gasteiger partial charge in [0.15, 0.2) is 0 Å². The zero-order valence-corrected chi connectivity index (χ0v) is 17.7. The first kappa shape index (κ1) is 22.0. The van der Waals surface area contributed by atoms with Gasteiger partial charge >= 0.3 is 6.09 Å². The lowest BCUT2D eigenvalue weighted by Crippen LogP contribution is -2.55. The molecule has 8 nitrogen and oxygen atoms in total. The van der Waals surface area contributed by atoms with Crippen molar-refractivity contribution in [1.82, 2.24) is 9.80 Å². The summed E-state index contributed by atoms with van der Waals surface area (Å²) in [5, 5.41) is 0. The van der Waals surface area contributed by atoms with Crippen molar-refractivity contribution in [2.24, 2.45) is 0 Å². The molecule has 2 rings (SSSR count). The molecule has 2 amide bonds. The summed E-state index contributed by atoms with van der Waals surface area (Å²) in [6.07, 6.45) is -0.0195. The second-order valence-corrected chi connectivity index (χ2v) is 9.07. The molecule has 0 aromatic heterocycles. The van der Waals surface area contributed by atoms with Crippen molar-refractivity contribution in [3.63, 3.8) is 0 Å². The van der Waals surface area contributed by atoms with E-state index in [1.807, 2.05) is 6.92 Å². The second-order valence-electron chi connectivity index (χ2n) is 7.22. The molecule has 9 heteroatoms. The molecule has 0 unspecified atom stereocenters. The van der Waals surface area contributed by atoms with Crippen LogP contribution in [0, 0.1) is 0 Å². The summed E-state index contributed by atoms with van der Waals surface area (Å²) >= 11 is 0. The van der Waals surface area contributed by atoms with Crippen molar-refractivity contribution in [1.29, 1.82) is 0 Å². The van der Waals surface area contributed by atoms with Gasteiger partial charge in [-0.25, -0.2) is 13.2 Å². The van der Waals surface area contributed by atoms with Crippen LogP contribution in [0.15, 0.2) is 24.3 Å². The highest BCUT2D eigenvalue weighted by atomic mass is 32.2. The van der Waals surface area contributed by atoms with Crippen molar-refractivity contribution in [2.45, 2.75) is 46.3 Å². The Morgan fingerprint density at radius 1 is 1.21 bits per heavy atom. The molecule has 0 radical (unpaired) electrons. The van der Waals surface area contributed by atoms with E-state index < -0.39 is 10.0 Å². The molecule has 28 heavy (non-hydrogen) atoms. The Morgan fingerprint density at radius 2 is 1.86 bits per heavy atom. The molecule has 156 valence electrons. The van der Waals surface area contributed by atoms with Crippen LogP contribution >= 0.6 is 0 Å². The first-order chi connectivity index (χ1) is 13.1. The van der Waals surface area contributed by atoms with Crippen molar-refractivity contribution < 1.29 is 22.7 Å². The maximum absolute atomic E-state index is 12.8. The molecule has 1 aliphatic heterocycles. The average Bonchev–Trinajstić information content (AvgIpc) is 2.60. The van der Waals surface area contributed by atoms with Gasteiger partial charge < -0.3 is 14.5 Å². The number of carbonyl (C=O) groups is 2. The van der Waals surface area contributed by atoms with Crippen LogP contribution in [0.25, 0.3) is 0 Å². The van der Waals surface area contributed by atoms with Gasteiger partial charge in [-0.3, -0.25) is 9.52 Å². The highest BCUT2D eigenvalue weighted by Gasteiger charge is 2.31. The fourth-order valence-electron chi connectivity index (χ4n) is 3.05. The summed E-state index contributed by atoms with van der Waals surface area (Å²) in [5.74, 6) is -0.0957. The number of sulfonamides is 1. The van der Waals surface area contributed by atoms with E-state index in [9.17, 15) is 18.0 Å². The predicted molar refractivity (Wildman–Crippen MR) is 108 cm³/mol. The molecule has 1 fully saturated rings. The average molecular weight is 412 g/mol. The Labute approximate surface area is 166 Å². The zero-order valence-electron chi connectivity index (χ0n) is 16.8. The SMILES string of the molecule is CCCS(=O)(=O)Nc1ccc(C(=O)N2CCN(C(=O)OC(C)C)C[C@@H]2C)cc1. The number of ether oxygens (including phenoxy) is 1. The molecule has 1 saturated heterocycles. The van der Waals surface area contributed by atoms with Gasteiger partial charge in [0.25, 0.3) is 5.91 Å². The summed E-state index contributed by atoms with van der Waals surface area (Å²) in [7, 11) is -3.36. The first-order valence-electron chi connectivity index (χ1n) is 9.50. The minimum Gasteiger partial charge on any atom is -0.447 e. The number of hydrogen-bond acceptors (Lipinski definition) is 5. The Balaban J connectivity index is 2.00. The molecular weight excluding hydrogens is 382 g/mol. The van der Waals surface area contributed by atoms with Crippen LogP contribution in [0.4, 0.5) is 10.5 Å². The molecule has 1 aliphatic rings. The minimum absolute atomic E-state index is 0.0503. The van der Waals surface area contributed by atoms with Gasteiger partial charge in [-0.1, -0.05) is 6.92 Å². The predicted octanol–water partition coefficient (Wildman–Crippen LogP) is 2.53. The van der Waals surface area contributed by atoms with Crippen molar-refractivity contribution in [2.75, 3.05) is 30.1 Å². The lowest BCUT2D eigenvalue weighted by atomic mass is 10.1. The van der Waals surface area contributed by atoms with Gasteiger partial charge in [0.05, 0.1) is 11.9 Å². The fraction of sp³-hybridized carbons (Fsp3) is 0.579. The highest BCUT2D eigenvalue weighted by molar-refractivity contribution is 7.92. The van der Waals surface area contributed by atoms with Crippen LogP contribution in [-0.2, 0) is 14.8 Å². The second kappa shape index (κ2) is 9.27. The number of benzene rings is 1. The van der Waals surface area contributed by atoms with Crippen molar-refractivity contribution >= 4 is 27.7 Å². The lowest BCUT2D eigenvalue weighted by Gasteiger charge is -2.39. The van der Waals surface area contributed by atoms with E-state index in [0.29, 0.717) is 37.3 Å². The largest absolute Gasteiger partial charge is 0.447 e. The maximum atomic E-state index is 12.8. The van der Waals surface area contributed by atoms with Gasteiger partial charge in [-0.2, -0.15) is 0 Å². The summed E-state index contributed by atoms with van der Waals surface area (Å²) in [5.41, 5.74) is 0.905. The number of nitrogens with zero attached hydrogens (tertiary/aromatic N) is 2. The van der Waals surface area contributed by atoms with Gasteiger partial charge in [0.1, 0.15) is 0 Å². The van der Waals surface area contributed by atoms with Gasteiger partial charge in [-0.05, 0) is 51.5 Å². The molecule has 1 heterocycles. The molecule has 0 spiro atoms. The van der Waals surface area contributed by atoms with Crippen LogP contribution in [-0.4, -0.2) is 67.8 Å². The molecule has 1 N–H and O–H groups in total. The Kier molecular flexibility index (Phi) is 7.29. The normalized spacial score (nSPS) is 17.5. The lowest BCUT2D eigenvalue weighted by molar-refractivity contribution is 0.0338.